The lowest BCUT2D eigenvalue weighted by Crippen LogP contribution is -2.49. The summed E-state index contributed by atoms with van der Waals surface area (Å²) in [5.41, 5.74) is -1.89. The van der Waals surface area contributed by atoms with Crippen LogP contribution in [-0.2, 0) is 38.7 Å². The molecule has 0 spiro atoms. The quantitative estimate of drug-likeness (QED) is 0.281. The zero-order valence-corrected chi connectivity index (χ0v) is 21.1. The zero-order chi connectivity index (χ0) is 26.4. The maximum absolute atomic E-state index is 13.7. The smallest absolute Gasteiger partial charge is 0.457 e. The van der Waals surface area contributed by atoms with Crippen LogP contribution in [-0.4, -0.2) is 60.4 Å². The minimum Gasteiger partial charge on any atom is -0.457 e. The molecule has 4 fully saturated rings. The Labute approximate surface area is 209 Å². The van der Waals surface area contributed by atoms with Gasteiger partial charge in [-0.15, -0.1) is 0 Å². The highest BCUT2D eigenvalue weighted by atomic mass is 32.2. The topological polar surface area (TPSA) is 133 Å². The van der Waals surface area contributed by atoms with Gasteiger partial charge in [-0.1, -0.05) is 6.42 Å². The van der Waals surface area contributed by atoms with Crippen molar-refractivity contribution < 1.29 is 50.3 Å². The molecular weight excluding hydrogens is 502 g/mol. The Balaban J connectivity index is 1.28. The average Bonchev–Trinajstić information content (AvgIpc) is 2.75. The van der Waals surface area contributed by atoms with Crippen LogP contribution in [0.5, 0.6) is 0 Å². The Morgan fingerprint density at radius 2 is 1.69 bits per heavy atom. The number of hydrogen-bond acceptors (Lipinski definition) is 8. The van der Waals surface area contributed by atoms with E-state index in [2.05, 4.69) is 0 Å². The molecule has 204 valence electrons. The summed E-state index contributed by atoms with van der Waals surface area (Å²) in [5.74, 6) is -2.48. The van der Waals surface area contributed by atoms with Crippen molar-refractivity contribution in [1.29, 1.82) is 0 Å². The van der Waals surface area contributed by atoms with Gasteiger partial charge in [-0.25, -0.2) is 9.59 Å². The minimum absolute atomic E-state index is 0.0277. The third kappa shape index (κ3) is 5.91. The van der Waals surface area contributed by atoms with E-state index < -0.39 is 38.5 Å². The van der Waals surface area contributed by atoms with Gasteiger partial charge < -0.3 is 19.0 Å². The molecule has 0 heterocycles. The SMILES string of the molecule is CC1(OC(=O)C(F)(F)S(=O)(=O)O)CC2CC(CC(OCC(=O)OC34CCCC(CC(C=O)C3)C4)C2)C1. The lowest BCUT2D eigenvalue weighted by molar-refractivity contribution is -0.189. The molecule has 0 saturated heterocycles. The van der Waals surface area contributed by atoms with E-state index in [0.29, 0.717) is 25.2 Å². The van der Waals surface area contributed by atoms with Crippen LogP contribution in [0.2, 0.25) is 0 Å². The highest BCUT2D eigenvalue weighted by Crippen LogP contribution is 2.48. The third-order valence-corrected chi connectivity index (χ3v) is 9.15. The van der Waals surface area contributed by atoms with Crippen LogP contribution in [0.1, 0.15) is 77.6 Å². The van der Waals surface area contributed by atoms with Crippen molar-refractivity contribution >= 4 is 28.3 Å². The van der Waals surface area contributed by atoms with Gasteiger partial charge in [0.05, 0.1) is 6.10 Å². The standard InChI is InChI=1S/C24H34F2O9S/c1-22(35-21(29)24(25,26)36(30,31)32)9-16-6-17(10-22)8-19(7-16)33-14-20(28)34-23-4-2-3-15(11-23)5-18(12-23)13-27/h13,15-19H,2-12,14H2,1H3,(H,30,31,32). The maximum atomic E-state index is 13.7. The van der Waals surface area contributed by atoms with Gasteiger partial charge in [0.2, 0.25) is 0 Å². The van der Waals surface area contributed by atoms with Gasteiger partial charge >= 0.3 is 27.3 Å². The Morgan fingerprint density at radius 1 is 1.03 bits per heavy atom. The molecule has 36 heavy (non-hydrogen) atoms. The first-order chi connectivity index (χ1) is 16.7. The first kappa shape index (κ1) is 27.4. The Kier molecular flexibility index (Phi) is 7.53. The van der Waals surface area contributed by atoms with Gasteiger partial charge in [-0.3, -0.25) is 4.55 Å². The lowest BCUT2D eigenvalue weighted by atomic mass is 9.65. The van der Waals surface area contributed by atoms with Crippen LogP contribution >= 0.6 is 0 Å². The Hall–Kier alpha value is -1.66. The van der Waals surface area contributed by atoms with Crippen molar-refractivity contribution in [2.75, 3.05) is 6.61 Å². The number of aldehydes is 1. The van der Waals surface area contributed by atoms with Crippen LogP contribution < -0.4 is 0 Å². The summed E-state index contributed by atoms with van der Waals surface area (Å²) in [6.45, 7) is 1.27. The number of halogens is 2. The number of alkyl halides is 2. The van der Waals surface area contributed by atoms with Crippen molar-refractivity contribution in [3.63, 3.8) is 0 Å². The van der Waals surface area contributed by atoms with Crippen LogP contribution in [0.4, 0.5) is 8.78 Å². The van der Waals surface area contributed by atoms with Crippen molar-refractivity contribution in [3.8, 4) is 0 Å². The highest BCUT2D eigenvalue weighted by molar-refractivity contribution is 7.87. The molecular formula is C24H34F2O9S. The van der Waals surface area contributed by atoms with Crippen LogP contribution in [0.15, 0.2) is 0 Å². The molecule has 0 aromatic heterocycles. The normalized spacial score (nSPS) is 38.6. The number of hydrogen-bond donors (Lipinski definition) is 1. The molecule has 1 N–H and O–H groups in total. The fourth-order valence-corrected chi connectivity index (χ4v) is 7.52. The summed E-state index contributed by atoms with van der Waals surface area (Å²) in [6, 6.07) is 0. The molecule has 0 aromatic carbocycles. The molecule has 5 unspecified atom stereocenters. The fraction of sp³-hybridized carbons (Fsp3) is 0.875. The third-order valence-electron chi connectivity index (χ3n) is 8.34. The molecule has 5 atom stereocenters. The van der Waals surface area contributed by atoms with E-state index in [4.69, 9.17) is 18.8 Å². The number of ether oxygens (including phenoxy) is 3. The summed E-state index contributed by atoms with van der Waals surface area (Å²) in [7, 11) is -5.93. The molecule has 4 rings (SSSR count). The molecule has 9 nitrogen and oxygen atoms in total. The number of esters is 2. The van der Waals surface area contributed by atoms with E-state index in [0.717, 1.165) is 44.8 Å². The van der Waals surface area contributed by atoms with E-state index in [9.17, 15) is 31.6 Å². The monoisotopic (exact) mass is 536 g/mol. The summed E-state index contributed by atoms with van der Waals surface area (Å²) >= 11 is 0. The largest absolute Gasteiger partial charge is 0.465 e. The fourth-order valence-electron chi connectivity index (χ4n) is 7.26. The molecule has 0 aromatic rings. The summed E-state index contributed by atoms with van der Waals surface area (Å²) < 4.78 is 74.4. The van der Waals surface area contributed by atoms with E-state index in [1.807, 2.05) is 0 Å². The molecule has 4 bridgehead atoms. The Morgan fingerprint density at radius 3 is 2.31 bits per heavy atom. The second-order valence-electron chi connectivity index (χ2n) is 11.6. The van der Waals surface area contributed by atoms with Crippen molar-refractivity contribution in [3.05, 3.63) is 0 Å². The van der Waals surface area contributed by atoms with E-state index >= 15 is 0 Å². The number of fused-ring (bicyclic) bond motifs is 4. The second-order valence-corrected chi connectivity index (χ2v) is 13.0. The predicted molar refractivity (Wildman–Crippen MR) is 120 cm³/mol. The van der Waals surface area contributed by atoms with E-state index in [1.54, 1.807) is 0 Å². The molecule has 0 aliphatic heterocycles. The molecule has 12 heteroatoms. The van der Waals surface area contributed by atoms with Crippen molar-refractivity contribution in [2.45, 2.75) is 100 Å². The van der Waals surface area contributed by atoms with Gasteiger partial charge in [0.15, 0.2) is 0 Å². The van der Waals surface area contributed by atoms with Crippen molar-refractivity contribution in [1.82, 2.24) is 0 Å². The predicted octanol–water partition coefficient (Wildman–Crippen LogP) is 3.45. The van der Waals surface area contributed by atoms with E-state index in [1.165, 1.54) is 6.92 Å². The molecule has 4 saturated carbocycles. The summed E-state index contributed by atoms with van der Waals surface area (Å²) in [5, 5.41) is -5.03. The van der Waals surface area contributed by atoms with Crippen molar-refractivity contribution in [2.24, 2.45) is 23.7 Å². The van der Waals surface area contributed by atoms with Gasteiger partial charge in [0, 0.05) is 5.92 Å². The first-order valence-corrected chi connectivity index (χ1v) is 14.0. The molecule has 0 radical (unpaired) electrons. The number of carbonyl (C=O) groups excluding carboxylic acids is 3. The van der Waals surface area contributed by atoms with Gasteiger partial charge in [0.25, 0.3) is 0 Å². The van der Waals surface area contributed by atoms with Gasteiger partial charge in [0.1, 0.15) is 24.1 Å². The second kappa shape index (κ2) is 9.90. The summed E-state index contributed by atoms with van der Waals surface area (Å²) in [6.07, 6.45) is 8.00. The van der Waals surface area contributed by atoms with Gasteiger partial charge in [-0.05, 0) is 88.9 Å². The average molecular weight is 537 g/mol. The molecule has 0 amide bonds. The van der Waals surface area contributed by atoms with E-state index in [-0.39, 0.29) is 43.3 Å². The lowest BCUT2D eigenvalue weighted by Gasteiger charge is -2.47. The molecule has 4 aliphatic rings. The van der Waals surface area contributed by atoms with Gasteiger partial charge in [-0.2, -0.15) is 17.2 Å². The highest BCUT2D eigenvalue weighted by Gasteiger charge is 2.57. The maximum Gasteiger partial charge on any atom is 0.465 e. The van der Waals surface area contributed by atoms with Crippen LogP contribution in [0.25, 0.3) is 0 Å². The van der Waals surface area contributed by atoms with Crippen LogP contribution in [0, 0.1) is 23.7 Å². The summed E-state index contributed by atoms with van der Waals surface area (Å²) in [4.78, 5) is 35.9. The zero-order valence-electron chi connectivity index (χ0n) is 20.3. The minimum atomic E-state index is -5.93. The van der Waals surface area contributed by atoms with Crippen LogP contribution in [0.3, 0.4) is 0 Å². The first-order valence-electron chi connectivity index (χ1n) is 12.6. The number of carbonyl (C=O) groups is 3. The Bertz CT molecular complexity index is 970. The molecule has 4 aliphatic carbocycles. The number of rotatable bonds is 8.